The van der Waals surface area contributed by atoms with Gasteiger partial charge in [0.2, 0.25) is 0 Å². The Bertz CT molecular complexity index is 1700. The first kappa shape index (κ1) is 29.5. The van der Waals surface area contributed by atoms with Gasteiger partial charge in [0.25, 0.3) is 5.56 Å². The Labute approximate surface area is 248 Å². The Hall–Kier alpha value is -4.01. The van der Waals surface area contributed by atoms with Crippen molar-refractivity contribution in [3.8, 4) is 28.5 Å². The largest absolute Gasteiger partial charge is 0.489 e. The first-order chi connectivity index (χ1) is 20.2. The maximum absolute atomic E-state index is 14.1. The van der Waals surface area contributed by atoms with Gasteiger partial charge in [-0.15, -0.1) is 0 Å². The lowest BCUT2D eigenvalue weighted by atomic mass is 10.1. The summed E-state index contributed by atoms with van der Waals surface area (Å²) in [5, 5.41) is 0. The molecule has 0 saturated heterocycles. The van der Waals surface area contributed by atoms with E-state index in [1.165, 1.54) is 0 Å². The third-order valence-corrected chi connectivity index (χ3v) is 8.87. The topological polar surface area (TPSA) is 71.2 Å². The number of ether oxygens (including phenoxy) is 2. The van der Waals surface area contributed by atoms with Crippen LogP contribution in [0.1, 0.15) is 24.5 Å². The van der Waals surface area contributed by atoms with Gasteiger partial charge in [0.15, 0.2) is 11.2 Å². The monoisotopic (exact) mass is 580 g/mol. The highest BCUT2D eigenvalue weighted by molar-refractivity contribution is 6.76. The van der Waals surface area contributed by atoms with Gasteiger partial charge in [0, 0.05) is 32.4 Å². The van der Waals surface area contributed by atoms with E-state index in [1.54, 1.807) is 4.57 Å². The molecular formula is C34H40N4O3Si. The normalized spacial score (nSPS) is 11.7. The van der Waals surface area contributed by atoms with Crippen molar-refractivity contribution in [3.05, 3.63) is 100 Å². The van der Waals surface area contributed by atoms with Crippen LogP contribution in [-0.4, -0.2) is 33.8 Å². The molecule has 0 N–H and O–H groups in total. The summed E-state index contributed by atoms with van der Waals surface area (Å²) in [5.41, 5.74) is 4.79. The Morgan fingerprint density at radius 3 is 2.21 bits per heavy atom. The molecular weight excluding hydrogens is 540 g/mol. The second-order valence-electron chi connectivity index (χ2n) is 11.9. The number of hydrogen-bond acceptors (Lipinski definition) is 5. The van der Waals surface area contributed by atoms with Crippen LogP contribution in [0, 0.1) is 6.92 Å². The molecule has 0 aliphatic rings. The summed E-state index contributed by atoms with van der Waals surface area (Å²) in [6, 6.07) is 27.1. The molecule has 3 aromatic carbocycles. The second kappa shape index (κ2) is 12.9. The zero-order chi connectivity index (χ0) is 29.7. The summed E-state index contributed by atoms with van der Waals surface area (Å²) in [6.45, 7) is 13.0. The third-order valence-electron chi connectivity index (χ3n) is 7.17. The van der Waals surface area contributed by atoms with E-state index >= 15 is 0 Å². The van der Waals surface area contributed by atoms with Crippen LogP contribution in [0.3, 0.4) is 0 Å². The molecule has 0 amide bonds. The Kier molecular flexibility index (Phi) is 9.04. The molecule has 0 fully saturated rings. The smallest absolute Gasteiger partial charge is 0.280 e. The van der Waals surface area contributed by atoms with Crippen LogP contribution >= 0.6 is 0 Å². The number of aryl methyl sites for hydroxylation is 1. The van der Waals surface area contributed by atoms with Crippen LogP contribution < -0.4 is 10.3 Å². The fourth-order valence-corrected chi connectivity index (χ4v) is 5.63. The van der Waals surface area contributed by atoms with Crippen LogP contribution in [0.4, 0.5) is 0 Å². The third kappa shape index (κ3) is 6.89. The molecule has 2 aromatic heterocycles. The Morgan fingerprint density at radius 1 is 0.833 bits per heavy atom. The lowest BCUT2D eigenvalue weighted by molar-refractivity contribution is 0.0908. The van der Waals surface area contributed by atoms with Crippen molar-refractivity contribution in [2.24, 2.45) is 0 Å². The van der Waals surface area contributed by atoms with E-state index in [2.05, 4.69) is 32.6 Å². The summed E-state index contributed by atoms with van der Waals surface area (Å²) in [6.07, 6.45) is 0.810. The fourth-order valence-electron chi connectivity index (χ4n) is 4.87. The summed E-state index contributed by atoms with van der Waals surface area (Å²) >= 11 is 0. The minimum absolute atomic E-state index is 0.103. The fraction of sp³-hybridized carbons (Fsp3) is 0.324. The average molecular weight is 581 g/mol. The predicted octanol–water partition coefficient (Wildman–Crippen LogP) is 7.54. The van der Waals surface area contributed by atoms with E-state index in [-0.39, 0.29) is 12.3 Å². The summed E-state index contributed by atoms with van der Waals surface area (Å²) < 4.78 is 15.9. The molecule has 5 aromatic rings. The second-order valence-corrected chi connectivity index (χ2v) is 17.6. The van der Waals surface area contributed by atoms with Crippen molar-refractivity contribution in [2.45, 2.75) is 65.8 Å². The summed E-state index contributed by atoms with van der Waals surface area (Å²) in [4.78, 5) is 24.0. The van der Waals surface area contributed by atoms with Crippen molar-refractivity contribution >= 4 is 19.2 Å². The van der Waals surface area contributed by atoms with Crippen molar-refractivity contribution in [3.63, 3.8) is 0 Å². The first-order valence-corrected chi connectivity index (χ1v) is 18.4. The zero-order valence-electron chi connectivity index (χ0n) is 25.3. The van der Waals surface area contributed by atoms with Crippen LogP contribution in [-0.2, 0) is 24.6 Å². The number of hydrogen-bond donors (Lipinski definition) is 0. The molecule has 2 heterocycles. The van der Waals surface area contributed by atoms with E-state index in [1.807, 2.05) is 84.3 Å². The highest BCUT2D eigenvalue weighted by Crippen LogP contribution is 2.27. The highest BCUT2D eigenvalue weighted by Gasteiger charge is 2.22. The quantitative estimate of drug-likeness (QED) is 0.113. The van der Waals surface area contributed by atoms with Gasteiger partial charge in [-0.3, -0.25) is 13.9 Å². The van der Waals surface area contributed by atoms with E-state index in [0.717, 1.165) is 40.5 Å². The Balaban J connectivity index is 1.56. The van der Waals surface area contributed by atoms with E-state index in [9.17, 15) is 4.79 Å². The van der Waals surface area contributed by atoms with Crippen LogP contribution in [0.2, 0.25) is 25.7 Å². The van der Waals surface area contributed by atoms with Gasteiger partial charge in [-0.25, -0.2) is 9.97 Å². The van der Waals surface area contributed by atoms with Gasteiger partial charge in [0.05, 0.1) is 0 Å². The minimum Gasteiger partial charge on any atom is -0.489 e. The molecule has 0 aliphatic carbocycles. The summed E-state index contributed by atoms with van der Waals surface area (Å²) in [5.74, 6) is 2.06. The van der Waals surface area contributed by atoms with E-state index in [4.69, 9.17) is 19.4 Å². The molecule has 0 atom stereocenters. The molecule has 8 heteroatoms. The molecule has 5 rings (SSSR count). The van der Waals surface area contributed by atoms with Crippen molar-refractivity contribution < 1.29 is 9.47 Å². The van der Waals surface area contributed by atoms with Crippen LogP contribution in [0.5, 0.6) is 5.75 Å². The number of imidazole rings is 1. The van der Waals surface area contributed by atoms with Crippen LogP contribution in [0.25, 0.3) is 33.9 Å². The first-order valence-electron chi connectivity index (χ1n) is 14.7. The van der Waals surface area contributed by atoms with Crippen LogP contribution in [0.15, 0.2) is 83.7 Å². The molecule has 0 saturated carbocycles. The standard InChI is InChI=1S/C34H40N4O3Si/c1-6-19-37-33(28-14-10-11-25(2)22-28)36-31-30(34(37)39)38(24-40-20-21-42(3,4)5)32(35-31)27-15-17-29(18-16-27)41-23-26-12-8-7-9-13-26/h7-18,22H,6,19-21,23-24H2,1-5H3. The van der Waals surface area contributed by atoms with Crippen molar-refractivity contribution in [1.82, 2.24) is 19.1 Å². The highest BCUT2D eigenvalue weighted by atomic mass is 28.3. The van der Waals surface area contributed by atoms with Gasteiger partial charge in [-0.2, -0.15) is 0 Å². The maximum atomic E-state index is 14.1. The Morgan fingerprint density at radius 2 is 1.55 bits per heavy atom. The summed E-state index contributed by atoms with van der Waals surface area (Å²) in [7, 11) is -1.27. The van der Waals surface area contributed by atoms with Gasteiger partial charge in [-0.05, 0) is 55.3 Å². The number of rotatable bonds is 12. The number of fused-ring (bicyclic) bond motifs is 1. The predicted molar refractivity (Wildman–Crippen MR) is 173 cm³/mol. The molecule has 0 bridgehead atoms. The lowest BCUT2D eigenvalue weighted by Gasteiger charge is -2.17. The minimum atomic E-state index is -1.27. The lowest BCUT2D eigenvalue weighted by Crippen LogP contribution is -2.26. The SMILES string of the molecule is CCCn1c(-c2cccc(C)c2)nc2nc(-c3ccc(OCc4ccccc4)cc3)n(COCC[Si](C)(C)C)c2c1=O. The van der Waals surface area contributed by atoms with E-state index in [0.29, 0.717) is 42.6 Å². The average Bonchev–Trinajstić information content (AvgIpc) is 3.34. The molecule has 0 aliphatic heterocycles. The molecule has 0 unspecified atom stereocenters. The van der Waals surface area contributed by atoms with Crippen molar-refractivity contribution in [2.75, 3.05) is 6.61 Å². The van der Waals surface area contributed by atoms with Gasteiger partial charge in [0.1, 0.15) is 30.7 Å². The zero-order valence-corrected chi connectivity index (χ0v) is 26.3. The van der Waals surface area contributed by atoms with Gasteiger partial charge in [-0.1, -0.05) is 80.7 Å². The van der Waals surface area contributed by atoms with Gasteiger partial charge >= 0.3 is 0 Å². The number of nitrogens with zero attached hydrogens (tertiary/aromatic N) is 4. The van der Waals surface area contributed by atoms with E-state index < -0.39 is 8.07 Å². The number of aromatic nitrogens is 4. The molecule has 42 heavy (non-hydrogen) atoms. The molecule has 7 nitrogen and oxygen atoms in total. The van der Waals surface area contributed by atoms with Crippen molar-refractivity contribution in [1.29, 1.82) is 0 Å². The molecule has 218 valence electrons. The maximum Gasteiger partial charge on any atom is 0.280 e. The number of benzene rings is 3. The molecule has 0 radical (unpaired) electrons. The van der Waals surface area contributed by atoms with Gasteiger partial charge < -0.3 is 9.47 Å². The molecule has 0 spiro atoms.